The summed E-state index contributed by atoms with van der Waals surface area (Å²) in [6, 6.07) is 1.69. The molecule has 2 unspecified atom stereocenters. The molecular weight excluding hydrogens is 196 g/mol. The lowest BCUT2D eigenvalue weighted by molar-refractivity contribution is 0.331. The maximum absolute atomic E-state index is 2.40. The van der Waals surface area contributed by atoms with Crippen molar-refractivity contribution in [3.05, 3.63) is 0 Å². The predicted molar refractivity (Wildman–Crippen MR) is 74.0 cm³/mol. The number of nitrogens with zero attached hydrogens (tertiary/aromatic N) is 2. The number of likely N-dealkylation sites (tertiary alicyclic amines) is 2. The molecule has 98 valence electrons. The molecule has 0 amide bonds. The Kier molecular flexibility index (Phi) is 8.96. The fourth-order valence-corrected chi connectivity index (χ4v) is 2.15. The van der Waals surface area contributed by atoms with E-state index in [9.17, 15) is 0 Å². The minimum atomic E-state index is 0.847. The highest BCUT2D eigenvalue weighted by Crippen LogP contribution is 2.12. The molecule has 0 N–H and O–H groups in total. The van der Waals surface area contributed by atoms with Crippen LogP contribution in [0.3, 0.4) is 0 Å². The van der Waals surface area contributed by atoms with E-state index < -0.39 is 0 Å². The van der Waals surface area contributed by atoms with Gasteiger partial charge in [-0.1, -0.05) is 13.8 Å². The van der Waals surface area contributed by atoms with Crippen LogP contribution >= 0.6 is 0 Å². The molecule has 2 saturated heterocycles. The van der Waals surface area contributed by atoms with Crippen LogP contribution in [-0.4, -0.2) is 49.1 Å². The van der Waals surface area contributed by atoms with Gasteiger partial charge in [-0.15, -0.1) is 0 Å². The lowest BCUT2D eigenvalue weighted by atomic mass is 10.3. The van der Waals surface area contributed by atoms with Crippen LogP contribution in [0.15, 0.2) is 0 Å². The zero-order valence-corrected chi connectivity index (χ0v) is 12.3. The highest BCUT2D eigenvalue weighted by molar-refractivity contribution is 4.71. The molecule has 2 aliphatic heterocycles. The van der Waals surface area contributed by atoms with Crippen molar-refractivity contribution in [1.82, 2.24) is 9.80 Å². The SMILES string of the molecule is CC.CC1CCCN1C.CC1CCCN1C. The molecule has 0 saturated carbocycles. The zero-order chi connectivity index (χ0) is 12.6. The fraction of sp³-hybridized carbons (Fsp3) is 1.00. The third-order valence-corrected chi connectivity index (χ3v) is 3.77. The summed E-state index contributed by atoms with van der Waals surface area (Å²) in [5.74, 6) is 0. The number of rotatable bonds is 0. The highest BCUT2D eigenvalue weighted by atomic mass is 15.1. The van der Waals surface area contributed by atoms with Crippen LogP contribution in [0, 0.1) is 0 Å². The van der Waals surface area contributed by atoms with E-state index in [0.717, 1.165) is 12.1 Å². The Morgan fingerprint density at radius 1 is 0.750 bits per heavy atom. The molecule has 2 atom stereocenters. The quantitative estimate of drug-likeness (QED) is 0.628. The van der Waals surface area contributed by atoms with Gasteiger partial charge in [0.25, 0.3) is 0 Å². The van der Waals surface area contributed by atoms with Crippen molar-refractivity contribution in [3.8, 4) is 0 Å². The van der Waals surface area contributed by atoms with Gasteiger partial charge in [0.2, 0.25) is 0 Å². The van der Waals surface area contributed by atoms with Crippen LogP contribution in [0.25, 0.3) is 0 Å². The molecule has 0 spiro atoms. The maximum atomic E-state index is 2.40. The molecule has 0 aromatic carbocycles. The van der Waals surface area contributed by atoms with Gasteiger partial charge < -0.3 is 9.80 Å². The normalized spacial score (nSPS) is 30.4. The van der Waals surface area contributed by atoms with Crippen LogP contribution in [-0.2, 0) is 0 Å². The summed E-state index contributed by atoms with van der Waals surface area (Å²) < 4.78 is 0. The minimum absolute atomic E-state index is 0.847. The van der Waals surface area contributed by atoms with Crippen molar-refractivity contribution in [2.24, 2.45) is 0 Å². The first-order chi connectivity index (χ1) is 7.61. The van der Waals surface area contributed by atoms with Gasteiger partial charge in [-0.25, -0.2) is 0 Å². The monoisotopic (exact) mass is 228 g/mol. The number of hydrogen-bond acceptors (Lipinski definition) is 2. The lowest BCUT2D eigenvalue weighted by Gasteiger charge is -2.12. The molecule has 2 nitrogen and oxygen atoms in total. The maximum Gasteiger partial charge on any atom is 0.00643 e. The van der Waals surface area contributed by atoms with Crippen LogP contribution in [0.1, 0.15) is 53.4 Å². The van der Waals surface area contributed by atoms with Gasteiger partial charge in [0, 0.05) is 12.1 Å². The Bertz CT molecular complexity index is 125. The van der Waals surface area contributed by atoms with E-state index in [1.807, 2.05) is 13.8 Å². The Morgan fingerprint density at radius 3 is 1.12 bits per heavy atom. The van der Waals surface area contributed by atoms with E-state index in [4.69, 9.17) is 0 Å². The lowest BCUT2D eigenvalue weighted by Crippen LogP contribution is -2.20. The molecule has 16 heavy (non-hydrogen) atoms. The van der Waals surface area contributed by atoms with Gasteiger partial charge in [-0.05, 0) is 66.7 Å². The van der Waals surface area contributed by atoms with Crippen LogP contribution in [0.4, 0.5) is 0 Å². The summed E-state index contributed by atoms with van der Waals surface area (Å²) in [6.07, 6.45) is 5.60. The Morgan fingerprint density at radius 2 is 1.06 bits per heavy atom. The first-order valence-corrected chi connectivity index (χ1v) is 7.01. The third kappa shape index (κ3) is 5.86. The first-order valence-electron chi connectivity index (χ1n) is 7.01. The Hall–Kier alpha value is -0.0800. The molecule has 0 bridgehead atoms. The molecule has 0 aromatic heterocycles. The molecule has 2 rings (SSSR count). The van der Waals surface area contributed by atoms with Crippen LogP contribution in [0.2, 0.25) is 0 Å². The Labute approximate surface area is 103 Å². The fourth-order valence-electron chi connectivity index (χ4n) is 2.15. The summed E-state index contributed by atoms with van der Waals surface area (Å²) in [6.45, 7) is 11.2. The molecule has 0 radical (unpaired) electrons. The van der Waals surface area contributed by atoms with Crippen molar-refractivity contribution in [3.63, 3.8) is 0 Å². The van der Waals surface area contributed by atoms with Gasteiger partial charge in [0.05, 0.1) is 0 Å². The van der Waals surface area contributed by atoms with Crippen molar-refractivity contribution >= 4 is 0 Å². The smallest absolute Gasteiger partial charge is 0.00643 e. The summed E-state index contributed by atoms with van der Waals surface area (Å²) >= 11 is 0. The summed E-state index contributed by atoms with van der Waals surface area (Å²) in [5.41, 5.74) is 0. The van der Waals surface area contributed by atoms with Gasteiger partial charge in [0.1, 0.15) is 0 Å². The topological polar surface area (TPSA) is 6.48 Å². The van der Waals surface area contributed by atoms with E-state index in [1.165, 1.54) is 38.8 Å². The van der Waals surface area contributed by atoms with E-state index in [2.05, 4.69) is 37.7 Å². The second-order valence-electron chi connectivity index (χ2n) is 4.94. The summed E-state index contributed by atoms with van der Waals surface area (Å²) in [5, 5.41) is 0. The van der Waals surface area contributed by atoms with Gasteiger partial charge in [-0.2, -0.15) is 0 Å². The van der Waals surface area contributed by atoms with E-state index in [1.54, 1.807) is 0 Å². The molecule has 2 fully saturated rings. The second-order valence-corrected chi connectivity index (χ2v) is 4.94. The molecule has 2 aliphatic rings. The van der Waals surface area contributed by atoms with Crippen LogP contribution in [0.5, 0.6) is 0 Å². The second kappa shape index (κ2) is 9.00. The van der Waals surface area contributed by atoms with E-state index >= 15 is 0 Å². The minimum Gasteiger partial charge on any atom is -0.304 e. The predicted octanol–water partition coefficient (Wildman–Crippen LogP) is 3.23. The van der Waals surface area contributed by atoms with Crippen molar-refractivity contribution in [2.75, 3.05) is 27.2 Å². The molecular formula is C14H32N2. The van der Waals surface area contributed by atoms with Crippen LogP contribution < -0.4 is 0 Å². The van der Waals surface area contributed by atoms with Gasteiger partial charge in [-0.3, -0.25) is 0 Å². The van der Waals surface area contributed by atoms with Gasteiger partial charge >= 0.3 is 0 Å². The van der Waals surface area contributed by atoms with E-state index in [-0.39, 0.29) is 0 Å². The molecule has 0 aromatic rings. The average molecular weight is 228 g/mol. The third-order valence-electron chi connectivity index (χ3n) is 3.77. The Balaban J connectivity index is 0.000000244. The largest absolute Gasteiger partial charge is 0.304 e. The first kappa shape index (κ1) is 15.9. The summed E-state index contributed by atoms with van der Waals surface area (Å²) in [4.78, 5) is 4.81. The summed E-state index contributed by atoms with van der Waals surface area (Å²) in [7, 11) is 4.38. The van der Waals surface area contributed by atoms with Crippen molar-refractivity contribution < 1.29 is 0 Å². The number of hydrogen-bond donors (Lipinski definition) is 0. The van der Waals surface area contributed by atoms with Crippen molar-refractivity contribution in [2.45, 2.75) is 65.5 Å². The molecule has 2 heterocycles. The standard InChI is InChI=1S/2C6H13N.C2H6/c2*1-6-4-3-5-7(6)2;1-2/h2*6H,3-5H2,1-2H3;1-2H3. The zero-order valence-electron chi connectivity index (χ0n) is 12.3. The van der Waals surface area contributed by atoms with Crippen molar-refractivity contribution in [1.29, 1.82) is 0 Å². The van der Waals surface area contributed by atoms with E-state index in [0.29, 0.717) is 0 Å². The molecule has 2 heteroatoms. The average Bonchev–Trinajstić information content (AvgIpc) is 2.83. The molecule has 0 aliphatic carbocycles. The highest BCUT2D eigenvalue weighted by Gasteiger charge is 2.14. The van der Waals surface area contributed by atoms with Gasteiger partial charge in [0.15, 0.2) is 0 Å².